The minimum atomic E-state index is -0.459. The third-order valence-electron chi connectivity index (χ3n) is 4.23. The SMILES string of the molecule is COC(=O)c1ccc(C)c(NC(=O)c2ccc(C)c(Oc3ccncc3)c2)c1. The highest BCUT2D eigenvalue weighted by molar-refractivity contribution is 6.05. The molecule has 0 unspecified atom stereocenters. The van der Waals surface area contributed by atoms with Crippen LogP contribution in [0.3, 0.4) is 0 Å². The molecular weight excluding hydrogens is 356 g/mol. The van der Waals surface area contributed by atoms with E-state index >= 15 is 0 Å². The van der Waals surface area contributed by atoms with E-state index in [1.165, 1.54) is 7.11 Å². The van der Waals surface area contributed by atoms with Crippen LogP contribution in [0.1, 0.15) is 31.8 Å². The van der Waals surface area contributed by atoms with Gasteiger partial charge >= 0.3 is 5.97 Å². The standard InChI is InChI=1S/C22H20N2O4/c1-14-4-7-17(22(26)27-3)12-19(14)24-21(25)16-6-5-15(2)20(13-16)28-18-8-10-23-11-9-18/h4-13H,1-3H3,(H,24,25). The molecule has 1 amide bonds. The first-order chi connectivity index (χ1) is 13.5. The molecule has 1 N–H and O–H groups in total. The second-order valence-corrected chi connectivity index (χ2v) is 6.24. The Balaban J connectivity index is 1.83. The number of hydrogen-bond acceptors (Lipinski definition) is 5. The van der Waals surface area contributed by atoms with Gasteiger partial charge in [0.15, 0.2) is 0 Å². The van der Waals surface area contributed by atoms with Crippen LogP contribution in [0.25, 0.3) is 0 Å². The number of aromatic nitrogens is 1. The fourth-order valence-corrected chi connectivity index (χ4v) is 2.58. The Labute approximate surface area is 163 Å². The lowest BCUT2D eigenvalue weighted by Crippen LogP contribution is -2.14. The van der Waals surface area contributed by atoms with Crippen LogP contribution in [0, 0.1) is 13.8 Å². The molecule has 2 aromatic carbocycles. The van der Waals surface area contributed by atoms with Gasteiger partial charge in [-0.3, -0.25) is 9.78 Å². The van der Waals surface area contributed by atoms with Gasteiger partial charge in [0.05, 0.1) is 12.7 Å². The van der Waals surface area contributed by atoms with Gasteiger partial charge in [0.2, 0.25) is 0 Å². The number of anilines is 1. The average molecular weight is 376 g/mol. The lowest BCUT2D eigenvalue weighted by atomic mass is 10.1. The number of rotatable bonds is 5. The van der Waals surface area contributed by atoms with Crippen molar-refractivity contribution in [1.29, 1.82) is 0 Å². The highest BCUT2D eigenvalue weighted by atomic mass is 16.5. The van der Waals surface area contributed by atoms with E-state index < -0.39 is 5.97 Å². The van der Waals surface area contributed by atoms with Gasteiger partial charge in [-0.05, 0) is 61.4 Å². The van der Waals surface area contributed by atoms with Gasteiger partial charge in [-0.25, -0.2) is 4.79 Å². The highest BCUT2D eigenvalue weighted by Crippen LogP contribution is 2.26. The second kappa shape index (κ2) is 8.35. The lowest BCUT2D eigenvalue weighted by molar-refractivity contribution is 0.0600. The molecule has 3 aromatic rings. The summed E-state index contributed by atoms with van der Waals surface area (Å²) in [5.41, 5.74) is 3.09. The van der Waals surface area contributed by atoms with E-state index in [1.807, 2.05) is 19.9 Å². The summed E-state index contributed by atoms with van der Waals surface area (Å²) in [5, 5.41) is 2.84. The van der Waals surface area contributed by atoms with Gasteiger partial charge in [-0.1, -0.05) is 12.1 Å². The van der Waals surface area contributed by atoms with E-state index in [2.05, 4.69) is 10.3 Å². The van der Waals surface area contributed by atoms with Gasteiger partial charge in [-0.15, -0.1) is 0 Å². The summed E-state index contributed by atoms with van der Waals surface area (Å²) in [6.07, 6.45) is 3.27. The molecule has 0 radical (unpaired) electrons. The predicted octanol–water partition coefficient (Wildman–Crippen LogP) is 4.53. The lowest BCUT2D eigenvalue weighted by Gasteiger charge is -2.12. The molecule has 0 bridgehead atoms. The number of carbonyl (C=O) groups excluding carboxylic acids is 2. The van der Waals surface area contributed by atoms with Crippen molar-refractivity contribution < 1.29 is 19.1 Å². The number of esters is 1. The number of nitrogens with one attached hydrogen (secondary N) is 1. The summed E-state index contributed by atoms with van der Waals surface area (Å²) in [5.74, 6) is 0.458. The molecule has 142 valence electrons. The van der Waals surface area contributed by atoms with Crippen LogP contribution in [0.2, 0.25) is 0 Å². The fourth-order valence-electron chi connectivity index (χ4n) is 2.58. The monoisotopic (exact) mass is 376 g/mol. The number of ether oxygens (including phenoxy) is 2. The Hall–Kier alpha value is -3.67. The van der Waals surface area contributed by atoms with Crippen LogP contribution >= 0.6 is 0 Å². The normalized spacial score (nSPS) is 10.2. The number of hydrogen-bond donors (Lipinski definition) is 1. The van der Waals surface area contributed by atoms with E-state index in [1.54, 1.807) is 54.9 Å². The number of pyridine rings is 1. The number of carbonyl (C=O) groups is 2. The summed E-state index contributed by atoms with van der Waals surface area (Å²) >= 11 is 0. The Morgan fingerprint density at radius 1 is 0.893 bits per heavy atom. The molecule has 1 heterocycles. The number of methoxy groups -OCH3 is 1. The molecule has 3 rings (SSSR count). The van der Waals surface area contributed by atoms with E-state index in [4.69, 9.17) is 9.47 Å². The number of amides is 1. The van der Waals surface area contributed by atoms with Gasteiger partial charge in [0.1, 0.15) is 11.5 Å². The number of benzene rings is 2. The molecule has 0 fully saturated rings. The zero-order valence-corrected chi connectivity index (χ0v) is 15.9. The summed E-state index contributed by atoms with van der Waals surface area (Å²) in [4.78, 5) is 28.4. The molecule has 0 aliphatic rings. The molecule has 1 aromatic heterocycles. The van der Waals surface area contributed by atoms with Crippen molar-refractivity contribution in [3.05, 3.63) is 83.2 Å². The molecule has 0 saturated heterocycles. The first kappa shape index (κ1) is 19.1. The van der Waals surface area contributed by atoms with Crippen LogP contribution < -0.4 is 10.1 Å². The number of nitrogens with zero attached hydrogens (tertiary/aromatic N) is 1. The van der Waals surface area contributed by atoms with Gasteiger partial charge < -0.3 is 14.8 Å². The molecule has 6 heteroatoms. The molecular formula is C22H20N2O4. The molecule has 28 heavy (non-hydrogen) atoms. The maximum absolute atomic E-state index is 12.7. The van der Waals surface area contributed by atoms with Crippen molar-refractivity contribution in [3.63, 3.8) is 0 Å². The quantitative estimate of drug-likeness (QED) is 0.662. The average Bonchev–Trinajstić information content (AvgIpc) is 2.71. The topological polar surface area (TPSA) is 77.5 Å². The van der Waals surface area contributed by atoms with Crippen molar-refractivity contribution in [3.8, 4) is 11.5 Å². The summed E-state index contributed by atoms with van der Waals surface area (Å²) in [7, 11) is 1.32. The van der Waals surface area contributed by atoms with Crippen molar-refractivity contribution in [2.75, 3.05) is 12.4 Å². The van der Waals surface area contributed by atoms with Crippen LogP contribution in [-0.2, 0) is 4.74 Å². The zero-order chi connectivity index (χ0) is 20.1. The predicted molar refractivity (Wildman–Crippen MR) is 106 cm³/mol. The highest BCUT2D eigenvalue weighted by Gasteiger charge is 2.13. The molecule has 6 nitrogen and oxygen atoms in total. The minimum absolute atomic E-state index is 0.301. The molecule has 0 aliphatic carbocycles. The van der Waals surface area contributed by atoms with E-state index in [0.29, 0.717) is 28.3 Å². The maximum atomic E-state index is 12.7. The van der Waals surface area contributed by atoms with Crippen LogP contribution in [0.5, 0.6) is 11.5 Å². The molecule has 0 spiro atoms. The van der Waals surface area contributed by atoms with E-state index in [-0.39, 0.29) is 5.91 Å². The number of aryl methyl sites for hydroxylation is 2. The van der Waals surface area contributed by atoms with Crippen LogP contribution in [-0.4, -0.2) is 24.0 Å². The third kappa shape index (κ3) is 4.35. The smallest absolute Gasteiger partial charge is 0.337 e. The Morgan fingerprint density at radius 3 is 2.29 bits per heavy atom. The van der Waals surface area contributed by atoms with Gasteiger partial charge in [0.25, 0.3) is 5.91 Å². The fraction of sp³-hybridized carbons (Fsp3) is 0.136. The first-order valence-electron chi connectivity index (χ1n) is 8.67. The Morgan fingerprint density at radius 2 is 1.57 bits per heavy atom. The zero-order valence-electron chi connectivity index (χ0n) is 15.9. The minimum Gasteiger partial charge on any atom is -0.465 e. The van der Waals surface area contributed by atoms with Crippen molar-refractivity contribution in [1.82, 2.24) is 4.98 Å². The van der Waals surface area contributed by atoms with E-state index in [0.717, 1.165) is 11.1 Å². The maximum Gasteiger partial charge on any atom is 0.337 e. The van der Waals surface area contributed by atoms with Gasteiger partial charge in [0, 0.05) is 23.6 Å². The van der Waals surface area contributed by atoms with Crippen molar-refractivity contribution in [2.24, 2.45) is 0 Å². The van der Waals surface area contributed by atoms with Crippen molar-refractivity contribution in [2.45, 2.75) is 13.8 Å². The van der Waals surface area contributed by atoms with Crippen LogP contribution in [0.4, 0.5) is 5.69 Å². The van der Waals surface area contributed by atoms with Crippen molar-refractivity contribution >= 4 is 17.6 Å². The largest absolute Gasteiger partial charge is 0.465 e. The molecule has 0 atom stereocenters. The first-order valence-corrected chi connectivity index (χ1v) is 8.67. The summed E-state index contributed by atoms with van der Waals surface area (Å²) in [6, 6.07) is 13.7. The Kier molecular flexibility index (Phi) is 5.69. The summed E-state index contributed by atoms with van der Waals surface area (Å²) < 4.78 is 10.6. The van der Waals surface area contributed by atoms with Crippen LogP contribution in [0.15, 0.2) is 60.9 Å². The molecule has 0 saturated carbocycles. The van der Waals surface area contributed by atoms with Gasteiger partial charge in [-0.2, -0.15) is 0 Å². The molecule has 0 aliphatic heterocycles. The second-order valence-electron chi connectivity index (χ2n) is 6.24. The third-order valence-corrected chi connectivity index (χ3v) is 4.23. The van der Waals surface area contributed by atoms with E-state index in [9.17, 15) is 9.59 Å². The summed E-state index contributed by atoms with van der Waals surface area (Å²) in [6.45, 7) is 3.76. The Bertz CT molecular complexity index is 1020.